The second-order valence-corrected chi connectivity index (χ2v) is 6.90. The third-order valence-corrected chi connectivity index (χ3v) is 5.18. The molecule has 0 amide bonds. The van der Waals surface area contributed by atoms with Crippen molar-refractivity contribution >= 4 is 7.85 Å². The fourth-order valence-electron chi connectivity index (χ4n) is 3.51. The van der Waals surface area contributed by atoms with Crippen molar-refractivity contribution in [2.24, 2.45) is 11.8 Å². The highest BCUT2D eigenvalue weighted by Crippen LogP contribution is 2.33. The van der Waals surface area contributed by atoms with Crippen LogP contribution in [0.3, 0.4) is 0 Å². The third-order valence-electron chi connectivity index (χ3n) is 5.18. The van der Waals surface area contributed by atoms with Crippen molar-refractivity contribution in [1.29, 1.82) is 0 Å². The Kier molecular flexibility index (Phi) is 4.21. The molecular formula is C18H26BN. The zero-order valence-electron chi connectivity index (χ0n) is 13.0. The van der Waals surface area contributed by atoms with Gasteiger partial charge in [0.1, 0.15) is 0 Å². The highest BCUT2D eigenvalue weighted by Gasteiger charge is 2.32. The lowest BCUT2D eigenvalue weighted by Crippen LogP contribution is -2.48. The van der Waals surface area contributed by atoms with E-state index >= 15 is 0 Å². The molecule has 2 radical (unpaired) electrons. The summed E-state index contributed by atoms with van der Waals surface area (Å²) in [6, 6.07) is 4.64. The van der Waals surface area contributed by atoms with E-state index in [2.05, 4.69) is 30.9 Å². The Morgan fingerprint density at radius 1 is 1.05 bits per heavy atom. The first kappa shape index (κ1) is 14.2. The molecule has 20 heavy (non-hydrogen) atoms. The van der Waals surface area contributed by atoms with Crippen LogP contribution >= 0.6 is 0 Å². The van der Waals surface area contributed by atoms with E-state index in [0.29, 0.717) is 0 Å². The molecule has 2 fully saturated rings. The van der Waals surface area contributed by atoms with E-state index in [-0.39, 0.29) is 0 Å². The average molecular weight is 267 g/mol. The molecule has 1 aliphatic carbocycles. The highest BCUT2D eigenvalue weighted by atomic mass is 15.2. The van der Waals surface area contributed by atoms with E-state index in [1.54, 1.807) is 5.56 Å². The van der Waals surface area contributed by atoms with Crippen molar-refractivity contribution < 1.29 is 0 Å². The van der Waals surface area contributed by atoms with Gasteiger partial charge in [-0.05, 0) is 73.6 Å². The molecule has 1 nitrogen and oxygen atoms in total. The summed E-state index contributed by atoms with van der Waals surface area (Å²) >= 11 is 0. The molecule has 2 aliphatic rings. The number of hydrogen-bond acceptors (Lipinski definition) is 1. The molecule has 0 aromatic heterocycles. The molecular weight excluding hydrogens is 241 g/mol. The summed E-state index contributed by atoms with van der Waals surface area (Å²) in [7, 11) is 5.68. The van der Waals surface area contributed by atoms with Gasteiger partial charge in [-0.15, -0.1) is 0 Å². The monoisotopic (exact) mass is 267 g/mol. The van der Waals surface area contributed by atoms with Crippen LogP contribution in [0.15, 0.2) is 12.1 Å². The Hall–Kier alpha value is -0.755. The molecule has 1 heterocycles. The van der Waals surface area contributed by atoms with Crippen LogP contribution in [0.5, 0.6) is 0 Å². The molecule has 1 aromatic rings. The predicted molar refractivity (Wildman–Crippen MR) is 86.5 cm³/mol. The second kappa shape index (κ2) is 5.93. The van der Waals surface area contributed by atoms with Gasteiger partial charge in [0.05, 0.1) is 7.85 Å². The minimum Gasteiger partial charge on any atom is -0.302 e. The van der Waals surface area contributed by atoms with Gasteiger partial charge in [0.25, 0.3) is 0 Å². The zero-order chi connectivity index (χ0) is 14.1. The lowest BCUT2D eigenvalue weighted by atomic mass is 9.86. The molecule has 2 heteroatoms. The fraction of sp³-hybridized carbons (Fsp3) is 0.667. The van der Waals surface area contributed by atoms with Gasteiger partial charge in [-0.25, -0.2) is 0 Å². The summed E-state index contributed by atoms with van der Waals surface area (Å²) in [6.07, 6.45) is 5.96. The van der Waals surface area contributed by atoms with Gasteiger partial charge in [0.15, 0.2) is 0 Å². The minimum absolute atomic E-state index is 0.748. The molecule has 0 spiro atoms. The Morgan fingerprint density at radius 3 is 2.35 bits per heavy atom. The Morgan fingerprint density at radius 2 is 1.70 bits per heavy atom. The molecule has 0 atom stereocenters. The van der Waals surface area contributed by atoms with Gasteiger partial charge in [-0.2, -0.15) is 0 Å². The molecule has 3 rings (SSSR count). The first-order valence-electron chi connectivity index (χ1n) is 8.17. The standard InChI is InChI=1S/C18H26BN/c1-13-14(2)18(6-5-17(13)7-8-19)9-16-11-20(12-16)10-15-3-4-15/h5-6,15-16H,3-4,7-12H2,1-2H3. The quantitative estimate of drug-likeness (QED) is 0.715. The number of rotatable bonds is 6. The van der Waals surface area contributed by atoms with E-state index in [1.807, 2.05) is 0 Å². The summed E-state index contributed by atoms with van der Waals surface area (Å²) in [4.78, 5) is 2.65. The molecule has 106 valence electrons. The van der Waals surface area contributed by atoms with Crippen molar-refractivity contribution in [1.82, 2.24) is 4.90 Å². The normalized spacial score (nSPS) is 20.1. The predicted octanol–water partition coefficient (Wildman–Crippen LogP) is 3.32. The van der Waals surface area contributed by atoms with Crippen molar-refractivity contribution in [2.45, 2.75) is 45.9 Å². The first-order chi connectivity index (χ1) is 9.67. The van der Waals surface area contributed by atoms with Crippen LogP contribution in [-0.2, 0) is 12.8 Å². The Bertz CT molecular complexity index is 473. The van der Waals surface area contributed by atoms with Gasteiger partial charge in [-0.3, -0.25) is 0 Å². The van der Waals surface area contributed by atoms with Crippen molar-refractivity contribution in [3.63, 3.8) is 0 Å². The maximum Gasteiger partial charge on any atom is 0.0657 e. The minimum atomic E-state index is 0.748. The summed E-state index contributed by atoms with van der Waals surface area (Å²) in [5.41, 5.74) is 5.94. The fourth-order valence-corrected chi connectivity index (χ4v) is 3.51. The van der Waals surface area contributed by atoms with E-state index < -0.39 is 0 Å². The van der Waals surface area contributed by atoms with Crippen LogP contribution in [0.1, 0.15) is 35.1 Å². The van der Waals surface area contributed by atoms with Gasteiger partial charge in [-0.1, -0.05) is 18.5 Å². The van der Waals surface area contributed by atoms with Gasteiger partial charge >= 0.3 is 0 Å². The average Bonchev–Trinajstić information content (AvgIpc) is 3.19. The number of likely N-dealkylation sites (tertiary alicyclic amines) is 1. The molecule has 1 aliphatic heterocycles. The van der Waals surface area contributed by atoms with E-state index in [4.69, 9.17) is 7.85 Å². The largest absolute Gasteiger partial charge is 0.302 e. The maximum atomic E-state index is 5.68. The lowest BCUT2D eigenvalue weighted by Gasteiger charge is -2.40. The zero-order valence-corrected chi connectivity index (χ0v) is 13.0. The SMILES string of the molecule is [B]CCc1ccc(CC2CN(CC3CC3)C2)c(C)c1C. The topological polar surface area (TPSA) is 3.24 Å². The molecule has 1 saturated heterocycles. The molecule has 0 unspecified atom stereocenters. The third kappa shape index (κ3) is 3.11. The van der Waals surface area contributed by atoms with Crippen molar-refractivity contribution in [3.8, 4) is 0 Å². The van der Waals surface area contributed by atoms with Crippen molar-refractivity contribution in [3.05, 3.63) is 34.4 Å². The van der Waals surface area contributed by atoms with Crippen LogP contribution in [0.25, 0.3) is 0 Å². The van der Waals surface area contributed by atoms with Crippen LogP contribution in [0, 0.1) is 25.7 Å². The highest BCUT2D eigenvalue weighted by molar-refractivity contribution is 6.08. The molecule has 1 aromatic carbocycles. The summed E-state index contributed by atoms with van der Waals surface area (Å²) in [5.74, 6) is 1.92. The summed E-state index contributed by atoms with van der Waals surface area (Å²) in [6.45, 7) is 8.54. The van der Waals surface area contributed by atoms with Crippen LogP contribution in [-0.4, -0.2) is 32.4 Å². The Balaban J connectivity index is 1.56. The van der Waals surface area contributed by atoms with E-state index in [0.717, 1.165) is 24.6 Å². The molecule has 1 saturated carbocycles. The number of nitrogens with zero attached hydrogens (tertiary/aromatic N) is 1. The van der Waals surface area contributed by atoms with Crippen LogP contribution in [0.2, 0.25) is 6.32 Å². The summed E-state index contributed by atoms with van der Waals surface area (Å²) in [5, 5.41) is 0. The number of benzene rings is 1. The van der Waals surface area contributed by atoms with Gasteiger partial charge < -0.3 is 4.90 Å². The maximum absolute atomic E-state index is 5.68. The first-order valence-corrected chi connectivity index (χ1v) is 8.17. The van der Waals surface area contributed by atoms with Crippen LogP contribution in [0.4, 0.5) is 0 Å². The van der Waals surface area contributed by atoms with Gasteiger partial charge in [0, 0.05) is 19.6 Å². The van der Waals surface area contributed by atoms with Crippen LogP contribution < -0.4 is 0 Å². The summed E-state index contributed by atoms with van der Waals surface area (Å²) < 4.78 is 0. The molecule has 0 bridgehead atoms. The smallest absolute Gasteiger partial charge is 0.0657 e. The van der Waals surface area contributed by atoms with E-state index in [1.165, 1.54) is 55.6 Å². The van der Waals surface area contributed by atoms with Crippen molar-refractivity contribution in [2.75, 3.05) is 19.6 Å². The van der Waals surface area contributed by atoms with E-state index in [9.17, 15) is 0 Å². The number of hydrogen-bond donors (Lipinski definition) is 0. The molecule has 0 N–H and O–H groups in total. The lowest BCUT2D eigenvalue weighted by molar-refractivity contribution is 0.0952. The Labute approximate surface area is 125 Å². The van der Waals surface area contributed by atoms with Gasteiger partial charge in [0.2, 0.25) is 0 Å². The second-order valence-electron chi connectivity index (χ2n) is 6.90. The number of aryl methyl sites for hydroxylation is 1.